The Morgan fingerprint density at radius 1 is 1.15 bits per heavy atom. The van der Waals surface area contributed by atoms with Gasteiger partial charge in [-0.2, -0.15) is 5.10 Å². The van der Waals surface area contributed by atoms with E-state index in [1.54, 1.807) is 30.3 Å². The molecule has 7 nitrogen and oxygen atoms in total. The first-order chi connectivity index (χ1) is 13.0. The monoisotopic (exact) mass is 380 g/mol. The summed E-state index contributed by atoms with van der Waals surface area (Å²) in [4.78, 5) is 10.7. The Balaban J connectivity index is 1.65. The van der Waals surface area contributed by atoms with E-state index in [2.05, 4.69) is 15.8 Å². The fourth-order valence-electron chi connectivity index (χ4n) is 2.43. The van der Waals surface area contributed by atoms with Gasteiger partial charge in [-0.3, -0.25) is 15.5 Å². The molecule has 0 saturated carbocycles. The number of furan rings is 1. The van der Waals surface area contributed by atoms with Crippen LogP contribution in [0.3, 0.4) is 0 Å². The molecule has 0 aliphatic heterocycles. The first-order valence-corrected chi connectivity index (χ1v) is 8.45. The molecule has 1 aromatic heterocycles. The van der Waals surface area contributed by atoms with Gasteiger partial charge in [0.1, 0.15) is 11.5 Å². The van der Waals surface area contributed by atoms with Crippen molar-refractivity contribution in [3.63, 3.8) is 0 Å². The number of nitro benzene ring substituents is 1. The maximum absolute atomic E-state index is 11.1. The van der Waals surface area contributed by atoms with Crippen molar-refractivity contribution in [2.45, 2.75) is 6.92 Å². The summed E-state index contributed by atoms with van der Waals surface area (Å²) in [5.74, 6) is 0.832. The SMILES string of the molecule is Cc1ccccc1NC(=S)NN=Cc1ccc(-c2ccccc2[N+](=O)[O-])o1. The number of nitrogens with one attached hydrogen (secondary N) is 2. The molecule has 2 aromatic carbocycles. The van der Waals surface area contributed by atoms with Crippen molar-refractivity contribution in [2.75, 3.05) is 5.32 Å². The zero-order valence-corrected chi connectivity index (χ0v) is 15.2. The number of nitro groups is 1. The van der Waals surface area contributed by atoms with Gasteiger partial charge >= 0.3 is 0 Å². The zero-order chi connectivity index (χ0) is 19.2. The Labute approximate surface area is 160 Å². The summed E-state index contributed by atoms with van der Waals surface area (Å²) in [7, 11) is 0. The summed E-state index contributed by atoms with van der Waals surface area (Å²) in [6.07, 6.45) is 1.45. The normalized spacial score (nSPS) is 10.7. The van der Waals surface area contributed by atoms with Crippen LogP contribution in [0, 0.1) is 17.0 Å². The highest BCUT2D eigenvalue weighted by Gasteiger charge is 2.16. The second-order valence-electron chi connectivity index (χ2n) is 5.62. The van der Waals surface area contributed by atoms with Crippen LogP contribution in [-0.2, 0) is 0 Å². The van der Waals surface area contributed by atoms with Crippen LogP contribution in [0.4, 0.5) is 11.4 Å². The highest BCUT2D eigenvalue weighted by atomic mass is 32.1. The summed E-state index contributed by atoms with van der Waals surface area (Å²) in [6, 6.07) is 17.5. The molecule has 8 heteroatoms. The molecular formula is C19H16N4O3S. The minimum atomic E-state index is -0.442. The van der Waals surface area contributed by atoms with E-state index in [0.717, 1.165) is 11.3 Å². The molecule has 0 amide bonds. The number of anilines is 1. The second-order valence-corrected chi connectivity index (χ2v) is 6.02. The fraction of sp³-hybridized carbons (Fsp3) is 0.0526. The summed E-state index contributed by atoms with van der Waals surface area (Å²) in [5, 5.41) is 18.5. The van der Waals surface area contributed by atoms with E-state index < -0.39 is 4.92 Å². The molecule has 0 aliphatic rings. The topological polar surface area (TPSA) is 92.7 Å². The quantitative estimate of drug-likeness (QED) is 0.293. The molecule has 0 bridgehead atoms. The predicted octanol–water partition coefficient (Wildman–Crippen LogP) is 4.48. The molecule has 0 spiro atoms. The van der Waals surface area contributed by atoms with Crippen LogP contribution in [0.15, 0.2) is 70.2 Å². The van der Waals surface area contributed by atoms with Crippen LogP contribution in [0.5, 0.6) is 0 Å². The lowest BCUT2D eigenvalue weighted by Gasteiger charge is -2.08. The first kappa shape index (κ1) is 18.3. The minimum absolute atomic E-state index is 0.0166. The van der Waals surface area contributed by atoms with E-state index in [0.29, 0.717) is 22.2 Å². The predicted molar refractivity (Wildman–Crippen MR) is 109 cm³/mol. The Hall–Kier alpha value is -3.52. The van der Waals surface area contributed by atoms with Gasteiger partial charge in [0, 0.05) is 11.8 Å². The highest BCUT2D eigenvalue weighted by molar-refractivity contribution is 7.80. The number of rotatable bonds is 5. The van der Waals surface area contributed by atoms with E-state index in [-0.39, 0.29) is 5.69 Å². The van der Waals surface area contributed by atoms with Crippen LogP contribution >= 0.6 is 12.2 Å². The number of hydrogen-bond acceptors (Lipinski definition) is 5. The summed E-state index contributed by atoms with van der Waals surface area (Å²) in [5.41, 5.74) is 5.05. The van der Waals surface area contributed by atoms with Gasteiger partial charge in [-0.05, 0) is 49.0 Å². The Morgan fingerprint density at radius 3 is 2.67 bits per heavy atom. The van der Waals surface area contributed by atoms with Gasteiger partial charge in [-0.25, -0.2) is 0 Å². The van der Waals surface area contributed by atoms with Gasteiger partial charge in [-0.15, -0.1) is 0 Å². The molecule has 0 fully saturated rings. The third-order valence-electron chi connectivity index (χ3n) is 3.74. The molecule has 27 heavy (non-hydrogen) atoms. The number of nitrogens with zero attached hydrogens (tertiary/aromatic N) is 2. The van der Waals surface area contributed by atoms with Gasteiger partial charge in [0.05, 0.1) is 16.7 Å². The standard InChI is InChI=1S/C19H16N4O3S/c1-13-6-2-4-8-16(13)21-19(27)22-20-12-14-10-11-18(26-14)15-7-3-5-9-17(15)23(24)25/h2-12H,1H3,(H2,21,22,27). The lowest BCUT2D eigenvalue weighted by atomic mass is 10.1. The van der Waals surface area contributed by atoms with Crippen molar-refractivity contribution in [1.82, 2.24) is 5.43 Å². The molecule has 3 aromatic rings. The molecule has 1 heterocycles. The van der Waals surface area contributed by atoms with Crippen molar-refractivity contribution in [3.8, 4) is 11.3 Å². The van der Waals surface area contributed by atoms with Crippen molar-refractivity contribution < 1.29 is 9.34 Å². The molecule has 0 radical (unpaired) electrons. The van der Waals surface area contributed by atoms with Gasteiger partial charge in [-0.1, -0.05) is 30.3 Å². The van der Waals surface area contributed by atoms with Crippen LogP contribution < -0.4 is 10.7 Å². The average molecular weight is 380 g/mol. The maximum Gasteiger partial charge on any atom is 0.280 e. The second kappa shape index (κ2) is 8.24. The molecule has 0 saturated heterocycles. The van der Waals surface area contributed by atoms with E-state index >= 15 is 0 Å². The number of hydrazone groups is 1. The average Bonchev–Trinajstić information content (AvgIpc) is 3.12. The molecule has 136 valence electrons. The van der Waals surface area contributed by atoms with Gasteiger partial charge in [0.25, 0.3) is 5.69 Å². The lowest BCUT2D eigenvalue weighted by molar-refractivity contribution is -0.384. The van der Waals surface area contributed by atoms with Crippen LogP contribution in [-0.4, -0.2) is 16.3 Å². The zero-order valence-electron chi connectivity index (χ0n) is 14.4. The lowest BCUT2D eigenvalue weighted by Crippen LogP contribution is -2.24. The number of aryl methyl sites for hydroxylation is 1. The smallest absolute Gasteiger partial charge is 0.280 e. The fourth-order valence-corrected chi connectivity index (χ4v) is 2.59. The first-order valence-electron chi connectivity index (χ1n) is 8.04. The number of hydrogen-bond donors (Lipinski definition) is 2. The van der Waals surface area contributed by atoms with E-state index in [1.807, 2.05) is 31.2 Å². The number of thiocarbonyl (C=S) groups is 1. The summed E-state index contributed by atoms with van der Waals surface area (Å²) in [6.45, 7) is 1.97. The van der Waals surface area contributed by atoms with E-state index in [1.165, 1.54) is 12.3 Å². The van der Waals surface area contributed by atoms with E-state index in [4.69, 9.17) is 16.6 Å². The minimum Gasteiger partial charge on any atom is -0.455 e. The van der Waals surface area contributed by atoms with Gasteiger partial charge in [0.15, 0.2) is 5.11 Å². The molecular weight excluding hydrogens is 364 g/mol. The Kier molecular flexibility index (Phi) is 5.58. The van der Waals surface area contributed by atoms with Crippen LogP contribution in [0.1, 0.15) is 11.3 Å². The van der Waals surface area contributed by atoms with E-state index in [9.17, 15) is 10.1 Å². The van der Waals surface area contributed by atoms with Crippen molar-refractivity contribution in [1.29, 1.82) is 0 Å². The maximum atomic E-state index is 11.1. The molecule has 0 unspecified atom stereocenters. The largest absolute Gasteiger partial charge is 0.455 e. The molecule has 3 rings (SSSR count). The third kappa shape index (κ3) is 4.56. The van der Waals surface area contributed by atoms with Gasteiger partial charge < -0.3 is 9.73 Å². The summed E-state index contributed by atoms with van der Waals surface area (Å²) < 4.78 is 5.62. The number of benzene rings is 2. The van der Waals surface area contributed by atoms with Crippen LogP contribution in [0.2, 0.25) is 0 Å². The Bertz CT molecular complexity index is 1010. The molecule has 2 N–H and O–H groups in total. The number of para-hydroxylation sites is 2. The van der Waals surface area contributed by atoms with Crippen molar-refractivity contribution in [3.05, 3.63) is 82.1 Å². The molecule has 0 atom stereocenters. The van der Waals surface area contributed by atoms with Crippen molar-refractivity contribution in [2.24, 2.45) is 5.10 Å². The molecule has 0 aliphatic carbocycles. The van der Waals surface area contributed by atoms with Gasteiger partial charge in [0.2, 0.25) is 0 Å². The Morgan fingerprint density at radius 2 is 1.89 bits per heavy atom. The third-order valence-corrected chi connectivity index (χ3v) is 3.94. The summed E-state index contributed by atoms with van der Waals surface area (Å²) >= 11 is 5.20. The van der Waals surface area contributed by atoms with Crippen molar-refractivity contribution >= 4 is 34.9 Å². The van der Waals surface area contributed by atoms with Crippen LogP contribution in [0.25, 0.3) is 11.3 Å². The highest BCUT2D eigenvalue weighted by Crippen LogP contribution is 2.30.